The molecule has 5 aromatic rings. The van der Waals surface area contributed by atoms with Crippen LogP contribution in [0.25, 0.3) is 27.8 Å². The fraction of sp³-hybridized carbons (Fsp3) is 0.208. The number of aromatic nitrogens is 5. The topological polar surface area (TPSA) is 70.9 Å². The van der Waals surface area contributed by atoms with Crippen LogP contribution < -0.4 is 5.32 Å². The molecule has 0 fully saturated rings. The number of nitrogens with one attached hydrogen (secondary N) is 2. The summed E-state index contributed by atoms with van der Waals surface area (Å²) in [7, 11) is 0. The molecule has 0 aliphatic heterocycles. The summed E-state index contributed by atoms with van der Waals surface area (Å²) in [5.74, 6) is -0.904. The van der Waals surface area contributed by atoms with E-state index in [2.05, 4.69) is 25.4 Å². The molecule has 33 heavy (non-hydrogen) atoms. The Bertz CT molecular complexity index is 1540. The number of halogens is 3. The molecule has 1 aliphatic carbocycles. The summed E-state index contributed by atoms with van der Waals surface area (Å²) in [5, 5.41) is 8.55. The minimum atomic E-state index is -0.590. The van der Waals surface area contributed by atoms with Crippen LogP contribution in [0.1, 0.15) is 23.2 Å². The molecular formula is C24H19F3N6. The van der Waals surface area contributed by atoms with Gasteiger partial charge in [-0.2, -0.15) is 9.61 Å². The van der Waals surface area contributed by atoms with Crippen LogP contribution in [0.3, 0.4) is 0 Å². The van der Waals surface area contributed by atoms with Gasteiger partial charge in [-0.3, -0.25) is 4.98 Å². The molecule has 0 spiro atoms. The number of aryl methyl sites for hydroxylation is 2. The maximum atomic E-state index is 14.3. The molecule has 0 amide bonds. The highest BCUT2D eigenvalue weighted by Gasteiger charge is 2.25. The average molecular weight is 448 g/mol. The Labute approximate surface area is 186 Å². The minimum absolute atomic E-state index is 0.0106. The first-order valence-electron chi connectivity index (χ1n) is 10.7. The van der Waals surface area contributed by atoms with Crippen molar-refractivity contribution in [3.63, 3.8) is 0 Å². The smallest absolute Gasteiger partial charge is 0.160 e. The lowest BCUT2D eigenvalue weighted by Crippen LogP contribution is -2.28. The first kappa shape index (κ1) is 19.8. The van der Waals surface area contributed by atoms with Gasteiger partial charge in [-0.05, 0) is 43.9 Å². The monoisotopic (exact) mass is 448 g/mol. The quantitative estimate of drug-likeness (QED) is 0.409. The predicted molar refractivity (Wildman–Crippen MR) is 119 cm³/mol. The first-order chi connectivity index (χ1) is 16.0. The Morgan fingerprint density at radius 2 is 1.94 bits per heavy atom. The van der Waals surface area contributed by atoms with Crippen LogP contribution in [0.4, 0.5) is 19.0 Å². The van der Waals surface area contributed by atoms with Crippen LogP contribution in [-0.2, 0) is 12.8 Å². The van der Waals surface area contributed by atoms with E-state index in [9.17, 15) is 13.2 Å². The minimum Gasteiger partial charge on any atom is -0.367 e. The highest BCUT2D eigenvalue weighted by molar-refractivity contribution is 5.85. The Kier molecular flexibility index (Phi) is 4.39. The number of hydrogen-bond acceptors (Lipinski definition) is 4. The van der Waals surface area contributed by atoms with Gasteiger partial charge in [-0.25, -0.2) is 18.2 Å². The maximum absolute atomic E-state index is 14.3. The highest BCUT2D eigenvalue weighted by Crippen LogP contribution is 2.33. The number of rotatable bonds is 3. The van der Waals surface area contributed by atoms with E-state index in [1.165, 1.54) is 12.1 Å². The van der Waals surface area contributed by atoms with Crippen molar-refractivity contribution in [2.45, 2.75) is 32.2 Å². The van der Waals surface area contributed by atoms with Gasteiger partial charge in [0.25, 0.3) is 0 Å². The number of H-pyrrole nitrogens is 1. The highest BCUT2D eigenvalue weighted by atomic mass is 19.1. The van der Waals surface area contributed by atoms with Crippen LogP contribution in [0, 0.1) is 24.4 Å². The van der Waals surface area contributed by atoms with Gasteiger partial charge in [-0.15, -0.1) is 0 Å². The van der Waals surface area contributed by atoms with Crippen LogP contribution in [-0.4, -0.2) is 30.6 Å². The maximum Gasteiger partial charge on any atom is 0.160 e. The van der Waals surface area contributed by atoms with Gasteiger partial charge in [0.2, 0.25) is 0 Å². The van der Waals surface area contributed by atoms with Crippen molar-refractivity contribution in [1.82, 2.24) is 24.6 Å². The van der Waals surface area contributed by atoms with E-state index < -0.39 is 17.5 Å². The lowest BCUT2D eigenvalue weighted by molar-refractivity contribution is 0.591. The third-order valence-corrected chi connectivity index (χ3v) is 6.21. The standard InChI is InChI=1S/C24H19F3N6/c1-12-9-29-33-22(8-21(32-24(12)33)13-4-15(26)11-28-10-13)30-16-2-3-20-17(7-16)18-5-14(25)6-19(27)23(18)31-20/h4-6,8-11,16,30-31H,2-3,7H2,1H3/t16-/m1/s1. The van der Waals surface area contributed by atoms with Crippen molar-refractivity contribution < 1.29 is 13.2 Å². The Balaban J connectivity index is 1.39. The van der Waals surface area contributed by atoms with Crippen LogP contribution in [0.2, 0.25) is 0 Å². The van der Waals surface area contributed by atoms with Gasteiger partial charge in [-0.1, -0.05) is 0 Å². The summed E-state index contributed by atoms with van der Waals surface area (Å²) in [6.45, 7) is 1.91. The zero-order valence-corrected chi connectivity index (χ0v) is 17.7. The third kappa shape index (κ3) is 3.31. The molecule has 2 N–H and O–H groups in total. The van der Waals surface area contributed by atoms with E-state index in [-0.39, 0.29) is 6.04 Å². The van der Waals surface area contributed by atoms with Crippen molar-refractivity contribution in [1.29, 1.82) is 0 Å². The van der Waals surface area contributed by atoms with Gasteiger partial charge in [0, 0.05) is 46.6 Å². The van der Waals surface area contributed by atoms with Crippen LogP contribution in [0.5, 0.6) is 0 Å². The summed E-state index contributed by atoms with van der Waals surface area (Å²) < 4.78 is 43.6. The Hall–Kier alpha value is -3.88. The van der Waals surface area contributed by atoms with E-state index in [0.29, 0.717) is 46.5 Å². The van der Waals surface area contributed by atoms with Gasteiger partial charge < -0.3 is 10.3 Å². The Morgan fingerprint density at radius 1 is 1.06 bits per heavy atom. The molecule has 1 aliphatic rings. The number of nitrogens with zero attached hydrogens (tertiary/aromatic N) is 4. The normalized spacial score (nSPS) is 15.8. The molecule has 6 rings (SSSR count). The summed E-state index contributed by atoms with van der Waals surface area (Å²) >= 11 is 0. The van der Waals surface area contributed by atoms with Gasteiger partial charge in [0.1, 0.15) is 23.3 Å². The van der Waals surface area contributed by atoms with Gasteiger partial charge in [0.05, 0.1) is 23.6 Å². The fourth-order valence-corrected chi connectivity index (χ4v) is 4.65. The molecule has 0 saturated carbocycles. The molecule has 1 aromatic carbocycles. The molecule has 0 unspecified atom stereocenters. The van der Waals surface area contributed by atoms with Crippen molar-refractivity contribution in [3.8, 4) is 11.3 Å². The van der Waals surface area contributed by atoms with E-state index >= 15 is 0 Å². The Morgan fingerprint density at radius 3 is 2.79 bits per heavy atom. The zero-order valence-electron chi connectivity index (χ0n) is 17.7. The second-order valence-electron chi connectivity index (χ2n) is 8.46. The predicted octanol–water partition coefficient (Wildman–Crippen LogP) is 4.97. The summed E-state index contributed by atoms with van der Waals surface area (Å²) in [6.07, 6.45) is 6.54. The number of fused-ring (bicyclic) bond motifs is 4. The number of aromatic amines is 1. The lowest BCUT2D eigenvalue weighted by Gasteiger charge is -2.25. The van der Waals surface area contributed by atoms with Crippen molar-refractivity contribution >= 4 is 22.4 Å². The molecule has 166 valence electrons. The largest absolute Gasteiger partial charge is 0.367 e. The van der Waals surface area contributed by atoms with Gasteiger partial charge >= 0.3 is 0 Å². The average Bonchev–Trinajstić information content (AvgIpc) is 3.35. The number of anilines is 1. The van der Waals surface area contributed by atoms with Crippen LogP contribution >= 0.6 is 0 Å². The molecule has 4 aromatic heterocycles. The van der Waals surface area contributed by atoms with Crippen molar-refractivity contribution in [2.75, 3.05) is 5.32 Å². The molecule has 6 nitrogen and oxygen atoms in total. The van der Waals surface area contributed by atoms with E-state index in [4.69, 9.17) is 0 Å². The second kappa shape index (κ2) is 7.33. The van der Waals surface area contributed by atoms with Gasteiger partial charge in [0.15, 0.2) is 5.65 Å². The number of hydrogen-bond donors (Lipinski definition) is 2. The second-order valence-corrected chi connectivity index (χ2v) is 8.46. The molecule has 0 saturated heterocycles. The lowest BCUT2D eigenvalue weighted by atomic mass is 9.91. The molecule has 4 heterocycles. The molecular weight excluding hydrogens is 429 g/mol. The van der Waals surface area contributed by atoms with Crippen LogP contribution in [0.15, 0.2) is 42.9 Å². The summed E-state index contributed by atoms with van der Waals surface area (Å²) in [4.78, 5) is 11.7. The fourth-order valence-electron chi connectivity index (χ4n) is 4.65. The summed E-state index contributed by atoms with van der Waals surface area (Å²) in [5.41, 5.74) is 4.89. The number of benzene rings is 1. The van der Waals surface area contributed by atoms with Crippen molar-refractivity contribution in [2.24, 2.45) is 0 Å². The molecule has 1 atom stereocenters. The van der Waals surface area contributed by atoms with E-state index in [0.717, 1.165) is 35.5 Å². The molecule has 0 radical (unpaired) electrons. The van der Waals surface area contributed by atoms with E-state index in [1.807, 2.05) is 13.0 Å². The molecule has 9 heteroatoms. The van der Waals surface area contributed by atoms with E-state index in [1.54, 1.807) is 16.9 Å². The third-order valence-electron chi connectivity index (χ3n) is 6.21. The van der Waals surface area contributed by atoms with Crippen molar-refractivity contribution in [3.05, 3.63) is 77.1 Å². The first-order valence-corrected chi connectivity index (χ1v) is 10.7. The number of pyridine rings is 1. The summed E-state index contributed by atoms with van der Waals surface area (Å²) in [6, 6.07) is 5.50. The molecule has 0 bridgehead atoms. The SMILES string of the molecule is Cc1cnn2c(N[C@@H]3CCc4[nH]c5c(F)cc(F)cc5c4C3)cc(-c3cncc(F)c3)nc12. The zero-order chi connectivity index (χ0) is 22.7.